The van der Waals surface area contributed by atoms with E-state index in [0.717, 1.165) is 0 Å². The molecule has 2 bridgehead atoms. The molecule has 0 saturated heterocycles. The van der Waals surface area contributed by atoms with Gasteiger partial charge in [-0.15, -0.1) is 23.2 Å². The highest BCUT2D eigenvalue weighted by Gasteiger charge is 2.78. The van der Waals surface area contributed by atoms with Crippen LogP contribution in [-0.4, -0.2) is 36.2 Å². The molecule has 2 fully saturated rings. The molecule has 3 aliphatic carbocycles. The molecule has 0 aromatic carbocycles. The molecule has 2 N–H and O–H groups in total. The first-order valence-corrected chi connectivity index (χ1v) is 8.89. The number of alkyl halides is 4. The zero-order valence-corrected chi connectivity index (χ0v) is 15.8. The highest BCUT2D eigenvalue weighted by molar-refractivity contribution is 6.62. The molecule has 0 aromatic rings. The van der Waals surface area contributed by atoms with Crippen molar-refractivity contribution in [1.29, 1.82) is 0 Å². The first-order chi connectivity index (χ1) is 10.3. The minimum absolute atomic E-state index is 0.0683. The number of carbonyl (C=O) groups is 2. The molecule has 0 aliphatic heterocycles. The second-order valence-electron chi connectivity index (χ2n) is 6.42. The standard InChI is InChI=1S/C13H10Cl6O4/c14-6-7(15)13(18,19)12(17)1-4(8(20)21)10(9(22)23)2-5(12)11(6,16)3-10/h4-5H,1-3H2,(H,20,21)(H,22,23). The van der Waals surface area contributed by atoms with Gasteiger partial charge in [0.15, 0.2) is 4.33 Å². The van der Waals surface area contributed by atoms with Gasteiger partial charge in [0.1, 0.15) is 0 Å². The molecule has 5 atom stereocenters. The number of carboxylic acids is 2. The van der Waals surface area contributed by atoms with E-state index in [1.54, 1.807) is 0 Å². The van der Waals surface area contributed by atoms with Crippen LogP contribution in [0.3, 0.4) is 0 Å². The summed E-state index contributed by atoms with van der Waals surface area (Å²) in [7, 11) is 0. The number of halogens is 6. The van der Waals surface area contributed by atoms with Crippen LogP contribution in [-0.2, 0) is 9.59 Å². The highest BCUT2D eigenvalue weighted by Crippen LogP contribution is 2.75. The Morgan fingerprint density at radius 2 is 1.57 bits per heavy atom. The van der Waals surface area contributed by atoms with Crippen LogP contribution in [0.2, 0.25) is 0 Å². The lowest BCUT2D eigenvalue weighted by Crippen LogP contribution is -2.60. The predicted molar refractivity (Wildman–Crippen MR) is 88.9 cm³/mol. The Kier molecular flexibility index (Phi) is 3.95. The van der Waals surface area contributed by atoms with Crippen LogP contribution in [0.25, 0.3) is 0 Å². The number of hydrogen-bond acceptors (Lipinski definition) is 2. The number of allylic oxidation sites excluding steroid dienone is 2. The van der Waals surface area contributed by atoms with Crippen molar-refractivity contribution in [2.24, 2.45) is 17.3 Å². The van der Waals surface area contributed by atoms with Crippen molar-refractivity contribution in [1.82, 2.24) is 0 Å². The number of carboxylic acid groups (broad SMARTS) is 2. The zero-order chi connectivity index (χ0) is 17.6. The van der Waals surface area contributed by atoms with E-state index in [2.05, 4.69) is 0 Å². The minimum Gasteiger partial charge on any atom is -0.481 e. The topological polar surface area (TPSA) is 74.6 Å². The zero-order valence-electron chi connectivity index (χ0n) is 11.3. The Morgan fingerprint density at radius 1 is 1.00 bits per heavy atom. The highest BCUT2D eigenvalue weighted by atomic mass is 35.5. The average molecular weight is 443 g/mol. The second-order valence-corrected chi connectivity index (χ2v) is 9.85. The van der Waals surface area contributed by atoms with E-state index in [9.17, 15) is 19.8 Å². The maximum Gasteiger partial charge on any atom is 0.310 e. The van der Waals surface area contributed by atoms with Crippen LogP contribution < -0.4 is 0 Å². The molecule has 3 rings (SSSR count). The van der Waals surface area contributed by atoms with E-state index in [1.807, 2.05) is 0 Å². The lowest BCUT2D eigenvalue weighted by molar-refractivity contribution is -0.165. The van der Waals surface area contributed by atoms with E-state index in [0.29, 0.717) is 0 Å². The summed E-state index contributed by atoms with van der Waals surface area (Å²) in [6.07, 6.45) is -0.567. The maximum absolute atomic E-state index is 11.9. The molecule has 0 heterocycles. The normalized spacial score (nSPS) is 47.6. The summed E-state index contributed by atoms with van der Waals surface area (Å²) in [5.74, 6) is -4.59. The van der Waals surface area contributed by atoms with Gasteiger partial charge in [0.2, 0.25) is 0 Å². The Morgan fingerprint density at radius 3 is 2.04 bits per heavy atom. The summed E-state index contributed by atoms with van der Waals surface area (Å²) in [6, 6.07) is 0. The molecular formula is C13H10Cl6O4. The second kappa shape index (κ2) is 4.99. The molecule has 0 aromatic heterocycles. The van der Waals surface area contributed by atoms with Crippen molar-refractivity contribution >= 4 is 81.5 Å². The summed E-state index contributed by atoms with van der Waals surface area (Å²) in [5, 5.41) is 19.0. The van der Waals surface area contributed by atoms with Crippen LogP contribution in [0.4, 0.5) is 0 Å². The van der Waals surface area contributed by atoms with Crippen LogP contribution in [0.15, 0.2) is 10.1 Å². The third-order valence-electron chi connectivity index (χ3n) is 5.49. The van der Waals surface area contributed by atoms with Crippen LogP contribution in [0.5, 0.6) is 0 Å². The third kappa shape index (κ3) is 1.94. The average Bonchev–Trinajstić information content (AvgIpc) is 2.74. The van der Waals surface area contributed by atoms with Gasteiger partial charge in [-0.1, -0.05) is 46.4 Å². The SMILES string of the molecule is O=C(O)C1CC2(Cl)C3CC1(C(=O)O)CC3(Cl)C(Cl)=C(Cl)C2(Cl)Cl. The Bertz CT molecular complexity index is 663. The van der Waals surface area contributed by atoms with Gasteiger partial charge in [0.05, 0.1) is 31.1 Å². The molecule has 23 heavy (non-hydrogen) atoms. The molecule has 10 heteroatoms. The lowest BCUT2D eigenvalue weighted by atomic mass is 9.62. The molecule has 0 spiro atoms. The van der Waals surface area contributed by atoms with Gasteiger partial charge in [-0.2, -0.15) is 0 Å². The molecular weight excluding hydrogens is 433 g/mol. The predicted octanol–water partition coefficient (Wildman–Crippen LogP) is 4.40. The van der Waals surface area contributed by atoms with E-state index < -0.39 is 43.3 Å². The van der Waals surface area contributed by atoms with Gasteiger partial charge in [0, 0.05) is 5.92 Å². The molecule has 0 radical (unpaired) electrons. The fraction of sp³-hybridized carbons (Fsp3) is 0.692. The fourth-order valence-corrected chi connectivity index (χ4v) is 6.96. The smallest absolute Gasteiger partial charge is 0.310 e. The number of rotatable bonds is 2. The van der Waals surface area contributed by atoms with Gasteiger partial charge in [-0.05, 0) is 19.3 Å². The molecule has 4 nitrogen and oxygen atoms in total. The van der Waals surface area contributed by atoms with E-state index in [1.165, 1.54) is 0 Å². The Hall–Kier alpha value is 0.420. The van der Waals surface area contributed by atoms with Gasteiger partial charge < -0.3 is 10.2 Å². The lowest BCUT2D eigenvalue weighted by Gasteiger charge is -2.53. The Balaban J connectivity index is 2.31. The number of fused-ring (bicyclic) bond motifs is 1. The number of aliphatic carboxylic acids is 2. The third-order valence-corrected chi connectivity index (χ3v) is 9.41. The van der Waals surface area contributed by atoms with Gasteiger partial charge in [-0.25, -0.2) is 0 Å². The van der Waals surface area contributed by atoms with Crippen molar-refractivity contribution < 1.29 is 19.8 Å². The summed E-state index contributed by atoms with van der Waals surface area (Å²) in [4.78, 5) is 20.7. The summed E-state index contributed by atoms with van der Waals surface area (Å²) in [6.45, 7) is 0. The van der Waals surface area contributed by atoms with Crippen LogP contribution >= 0.6 is 69.6 Å². The van der Waals surface area contributed by atoms with Crippen molar-refractivity contribution in [3.8, 4) is 0 Å². The summed E-state index contributed by atoms with van der Waals surface area (Å²) < 4.78 is -1.86. The maximum atomic E-state index is 11.9. The molecule has 128 valence electrons. The minimum atomic E-state index is -1.86. The fourth-order valence-electron chi connectivity index (χ4n) is 4.32. The quantitative estimate of drug-likeness (QED) is 0.621. The van der Waals surface area contributed by atoms with Gasteiger partial charge in [0.25, 0.3) is 0 Å². The first-order valence-electron chi connectivity index (χ1n) is 6.62. The monoisotopic (exact) mass is 440 g/mol. The largest absolute Gasteiger partial charge is 0.481 e. The molecule has 2 saturated carbocycles. The van der Waals surface area contributed by atoms with Crippen LogP contribution in [0.1, 0.15) is 19.3 Å². The number of hydrogen-bond donors (Lipinski definition) is 2. The van der Waals surface area contributed by atoms with Crippen molar-refractivity contribution in [3.63, 3.8) is 0 Å². The van der Waals surface area contributed by atoms with Crippen molar-refractivity contribution in [3.05, 3.63) is 10.1 Å². The van der Waals surface area contributed by atoms with E-state index in [4.69, 9.17) is 69.6 Å². The van der Waals surface area contributed by atoms with Crippen LogP contribution in [0, 0.1) is 17.3 Å². The molecule has 0 amide bonds. The summed E-state index contributed by atoms with van der Waals surface area (Å²) in [5.41, 5.74) is -1.60. The van der Waals surface area contributed by atoms with E-state index in [-0.39, 0.29) is 29.3 Å². The van der Waals surface area contributed by atoms with Gasteiger partial charge >= 0.3 is 11.9 Å². The Labute approximate surface area is 161 Å². The van der Waals surface area contributed by atoms with Gasteiger partial charge in [-0.3, -0.25) is 9.59 Å². The van der Waals surface area contributed by atoms with Crippen molar-refractivity contribution in [2.75, 3.05) is 0 Å². The van der Waals surface area contributed by atoms with E-state index >= 15 is 0 Å². The summed E-state index contributed by atoms with van der Waals surface area (Å²) >= 11 is 38.4. The van der Waals surface area contributed by atoms with Crippen molar-refractivity contribution in [2.45, 2.75) is 33.3 Å². The molecule has 3 aliphatic rings. The first kappa shape index (κ1) is 18.2. The molecule has 5 unspecified atom stereocenters.